The Morgan fingerprint density at radius 3 is 2.56 bits per heavy atom. The summed E-state index contributed by atoms with van der Waals surface area (Å²) in [6, 6.07) is 1.18. The fourth-order valence-electron chi connectivity index (χ4n) is 0.994. The minimum absolute atomic E-state index is 0.00501. The number of ether oxygens (including phenoxy) is 2. The third-order valence-electron chi connectivity index (χ3n) is 1.60. The average Bonchev–Trinajstić information content (AvgIpc) is 2.16. The highest BCUT2D eigenvalue weighted by molar-refractivity contribution is 14.1. The summed E-state index contributed by atoms with van der Waals surface area (Å²) in [4.78, 5) is 3.81. The van der Waals surface area contributed by atoms with Gasteiger partial charge < -0.3 is 15.2 Å². The summed E-state index contributed by atoms with van der Waals surface area (Å²) in [6.45, 7) is -0.168. The van der Waals surface area contributed by atoms with E-state index in [2.05, 4.69) is 9.72 Å². The maximum atomic E-state index is 12.0. The lowest BCUT2D eigenvalue weighted by atomic mass is 10.3. The molecule has 0 fully saturated rings. The normalized spacial score (nSPS) is 11.4. The van der Waals surface area contributed by atoms with Crippen molar-refractivity contribution in [3.05, 3.63) is 15.3 Å². The van der Waals surface area contributed by atoms with Gasteiger partial charge in [0.1, 0.15) is 5.69 Å². The molecule has 2 N–H and O–H groups in total. The van der Waals surface area contributed by atoms with Gasteiger partial charge in [0.05, 0.1) is 10.7 Å². The zero-order valence-corrected chi connectivity index (χ0v) is 10.3. The first-order valence-electron chi connectivity index (χ1n) is 4.06. The fraction of sp³-hybridized carbons (Fsp3) is 0.375. The number of aromatic nitrogens is 1. The Bertz CT molecular complexity index is 384. The number of pyridine rings is 1. The summed E-state index contributed by atoms with van der Waals surface area (Å²) in [5.41, 5.74) is 5.27. The summed E-state index contributed by atoms with van der Waals surface area (Å²) >= 11 is 1.79. The van der Waals surface area contributed by atoms with Crippen molar-refractivity contribution in [1.29, 1.82) is 0 Å². The third kappa shape index (κ3) is 3.37. The Balaban J connectivity index is 3.13. The molecule has 0 aliphatic carbocycles. The number of methoxy groups -OCH3 is 1. The van der Waals surface area contributed by atoms with E-state index >= 15 is 0 Å². The van der Waals surface area contributed by atoms with E-state index < -0.39 is 12.1 Å². The molecular weight excluding hydrogens is 340 g/mol. The van der Waals surface area contributed by atoms with Crippen LogP contribution in [0.15, 0.2) is 6.07 Å². The van der Waals surface area contributed by atoms with Gasteiger partial charge in [0, 0.05) is 12.6 Å². The van der Waals surface area contributed by atoms with Crippen LogP contribution in [0.2, 0.25) is 0 Å². The zero-order valence-electron chi connectivity index (χ0n) is 8.14. The molecule has 0 radical (unpaired) electrons. The predicted molar refractivity (Wildman–Crippen MR) is 58.1 cm³/mol. The van der Waals surface area contributed by atoms with E-state index in [0.29, 0.717) is 3.57 Å². The molecule has 0 aliphatic heterocycles. The van der Waals surface area contributed by atoms with E-state index in [1.165, 1.54) is 13.2 Å². The SMILES string of the molecule is COc1nc(CN)c(OC(F)(F)F)cc1I. The van der Waals surface area contributed by atoms with Crippen LogP contribution in [0.25, 0.3) is 0 Å². The largest absolute Gasteiger partial charge is 0.573 e. The molecule has 0 aromatic carbocycles. The highest BCUT2D eigenvalue weighted by Gasteiger charge is 2.32. The molecule has 0 spiro atoms. The van der Waals surface area contributed by atoms with Crippen LogP contribution in [0.4, 0.5) is 13.2 Å². The second-order valence-electron chi connectivity index (χ2n) is 2.68. The van der Waals surface area contributed by atoms with Gasteiger partial charge in [-0.2, -0.15) is 0 Å². The van der Waals surface area contributed by atoms with Gasteiger partial charge in [0.25, 0.3) is 0 Å². The molecule has 0 atom stereocenters. The summed E-state index contributed by atoms with van der Waals surface area (Å²) in [5, 5.41) is 0. The first kappa shape index (κ1) is 13.3. The van der Waals surface area contributed by atoms with E-state index in [4.69, 9.17) is 10.5 Å². The van der Waals surface area contributed by atoms with Crippen molar-refractivity contribution in [1.82, 2.24) is 4.98 Å². The average molecular weight is 348 g/mol. The molecule has 1 rings (SSSR count). The Kier molecular flexibility index (Phi) is 4.19. The van der Waals surface area contributed by atoms with Gasteiger partial charge in [0.15, 0.2) is 5.75 Å². The van der Waals surface area contributed by atoms with Gasteiger partial charge in [-0.1, -0.05) is 0 Å². The van der Waals surface area contributed by atoms with Crippen LogP contribution in [-0.2, 0) is 6.54 Å². The van der Waals surface area contributed by atoms with E-state index in [0.717, 1.165) is 0 Å². The zero-order chi connectivity index (χ0) is 12.3. The topological polar surface area (TPSA) is 57.4 Å². The van der Waals surface area contributed by atoms with Gasteiger partial charge in [-0.25, -0.2) is 4.98 Å². The molecule has 0 bridgehead atoms. The Labute approximate surface area is 103 Å². The van der Waals surface area contributed by atoms with Crippen LogP contribution in [0, 0.1) is 3.57 Å². The van der Waals surface area contributed by atoms with Crippen molar-refractivity contribution in [3.8, 4) is 11.6 Å². The summed E-state index contributed by atoms with van der Waals surface area (Å²) in [5.74, 6) is -0.184. The van der Waals surface area contributed by atoms with Gasteiger partial charge in [-0.05, 0) is 22.6 Å². The predicted octanol–water partition coefficient (Wildman–Crippen LogP) is 2.05. The van der Waals surface area contributed by atoms with Crippen molar-refractivity contribution >= 4 is 22.6 Å². The number of nitrogens with zero attached hydrogens (tertiary/aromatic N) is 1. The quantitative estimate of drug-likeness (QED) is 0.850. The first-order chi connectivity index (χ1) is 7.37. The third-order valence-corrected chi connectivity index (χ3v) is 2.37. The number of alkyl halides is 3. The number of hydrogen-bond donors (Lipinski definition) is 1. The standard InChI is InChI=1S/C8H8F3IN2O2/c1-15-7-4(12)2-6(5(3-13)14-7)16-8(9,10)11/h2H,3,13H2,1H3. The molecule has 4 nitrogen and oxygen atoms in total. The molecule has 0 amide bonds. The Hall–Kier alpha value is -0.770. The molecule has 0 aliphatic rings. The van der Waals surface area contributed by atoms with Gasteiger partial charge >= 0.3 is 6.36 Å². The molecule has 1 aromatic rings. The van der Waals surface area contributed by atoms with E-state index in [9.17, 15) is 13.2 Å². The summed E-state index contributed by atoms with van der Waals surface area (Å²) in [7, 11) is 1.37. The minimum atomic E-state index is -4.76. The fourth-order valence-corrected chi connectivity index (χ4v) is 1.62. The Morgan fingerprint density at radius 2 is 2.12 bits per heavy atom. The van der Waals surface area contributed by atoms with Crippen LogP contribution in [0.3, 0.4) is 0 Å². The van der Waals surface area contributed by atoms with Crippen LogP contribution in [-0.4, -0.2) is 18.5 Å². The molecule has 8 heteroatoms. The number of halogens is 4. The molecule has 90 valence electrons. The van der Waals surface area contributed by atoms with Crippen molar-refractivity contribution in [2.45, 2.75) is 12.9 Å². The summed E-state index contributed by atoms with van der Waals surface area (Å²) < 4.78 is 45.2. The maximum absolute atomic E-state index is 12.0. The molecular formula is C8H8F3IN2O2. The second kappa shape index (κ2) is 5.04. The van der Waals surface area contributed by atoms with Crippen molar-refractivity contribution in [3.63, 3.8) is 0 Å². The van der Waals surface area contributed by atoms with Crippen LogP contribution in [0.1, 0.15) is 5.69 Å². The molecule has 0 unspecified atom stereocenters. The van der Waals surface area contributed by atoms with Crippen molar-refractivity contribution < 1.29 is 22.6 Å². The lowest BCUT2D eigenvalue weighted by Gasteiger charge is -2.13. The lowest BCUT2D eigenvalue weighted by molar-refractivity contribution is -0.275. The molecule has 1 aromatic heterocycles. The molecule has 0 saturated heterocycles. The monoisotopic (exact) mass is 348 g/mol. The van der Waals surface area contributed by atoms with E-state index in [1.54, 1.807) is 22.6 Å². The van der Waals surface area contributed by atoms with Gasteiger partial charge in [0.2, 0.25) is 5.88 Å². The Morgan fingerprint density at radius 1 is 1.50 bits per heavy atom. The van der Waals surface area contributed by atoms with Crippen LogP contribution >= 0.6 is 22.6 Å². The van der Waals surface area contributed by atoms with E-state index in [-0.39, 0.29) is 18.1 Å². The number of rotatable bonds is 3. The van der Waals surface area contributed by atoms with Crippen molar-refractivity contribution in [2.75, 3.05) is 7.11 Å². The molecule has 0 saturated carbocycles. The van der Waals surface area contributed by atoms with Crippen molar-refractivity contribution in [2.24, 2.45) is 5.73 Å². The smallest absolute Gasteiger partial charge is 0.480 e. The summed E-state index contributed by atoms with van der Waals surface area (Å²) in [6.07, 6.45) is -4.76. The lowest BCUT2D eigenvalue weighted by Crippen LogP contribution is -2.19. The molecule has 16 heavy (non-hydrogen) atoms. The highest BCUT2D eigenvalue weighted by Crippen LogP contribution is 2.30. The van der Waals surface area contributed by atoms with Gasteiger partial charge in [-0.15, -0.1) is 13.2 Å². The van der Waals surface area contributed by atoms with Crippen LogP contribution in [0.5, 0.6) is 11.6 Å². The number of nitrogens with two attached hydrogens (primary N) is 1. The van der Waals surface area contributed by atoms with Crippen LogP contribution < -0.4 is 15.2 Å². The van der Waals surface area contributed by atoms with Gasteiger partial charge in [-0.3, -0.25) is 0 Å². The minimum Gasteiger partial charge on any atom is -0.480 e. The second-order valence-corrected chi connectivity index (χ2v) is 3.84. The van der Waals surface area contributed by atoms with E-state index in [1.807, 2.05) is 0 Å². The molecule has 1 heterocycles. The first-order valence-corrected chi connectivity index (χ1v) is 5.14. The highest BCUT2D eigenvalue weighted by atomic mass is 127. The maximum Gasteiger partial charge on any atom is 0.573 e. The number of hydrogen-bond acceptors (Lipinski definition) is 4.